The van der Waals surface area contributed by atoms with Crippen LogP contribution in [0, 0.1) is 0 Å². The molecule has 0 unspecified atom stereocenters. The van der Waals surface area contributed by atoms with Crippen LogP contribution in [0.2, 0.25) is 0 Å². The number of fused-ring (bicyclic) bond motifs is 5. The van der Waals surface area contributed by atoms with Crippen molar-refractivity contribution in [1.29, 1.82) is 0 Å². The van der Waals surface area contributed by atoms with E-state index in [1.54, 1.807) is 19.2 Å². The van der Waals surface area contributed by atoms with E-state index in [4.69, 9.17) is 9.47 Å². The number of likely N-dealkylation sites (N-methyl/N-ethyl adjacent to an activating group) is 1. The first-order chi connectivity index (χ1) is 22.7. The number of carbonyl (C=O) groups excluding carboxylic acids is 2. The summed E-state index contributed by atoms with van der Waals surface area (Å²) in [5.74, 6) is 0.330. The lowest BCUT2D eigenvalue weighted by Crippen LogP contribution is -2.52. The molecule has 1 saturated carbocycles. The molecule has 2 amide bonds. The van der Waals surface area contributed by atoms with E-state index in [0.717, 1.165) is 53.4 Å². The van der Waals surface area contributed by atoms with Crippen molar-refractivity contribution >= 4 is 39.0 Å². The summed E-state index contributed by atoms with van der Waals surface area (Å²) in [5, 5.41) is 1.03. The number of nitrogens with one attached hydrogen (secondary N) is 1. The zero-order chi connectivity index (χ0) is 32.7. The predicted octanol–water partition coefficient (Wildman–Crippen LogP) is 3.84. The standard InChI is InChI=1S/C35H43N5O6S/c1-37-12-14-39(15-13-37)47(43,44)36-34(41)25-8-10-30-31(22-25)40-23-27(35(42)38-16-18-46-19-17-38)20-26-21-28(45-2)9-11-29(26)33(40)32(30)24-6-4-3-5-7-24/h8-11,20-22,24H,3-7,12-19,23H2,1-2H3,(H,36,41). The maximum Gasteiger partial charge on any atom is 0.304 e. The summed E-state index contributed by atoms with van der Waals surface area (Å²) < 4.78 is 43.3. The first-order valence-corrected chi connectivity index (χ1v) is 18.1. The van der Waals surface area contributed by atoms with Crippen LogP contribution >= 0.6 is 0 Å². The maximum absolute atomic E-state index is 14.0. The van der Waals surface area contributed by atoms with E-state index in [-0.39, 0.29) is 11.5 Å². The van der Waals surface area contributed by atoms with Gasteiger partial charge >= 0.3 is 10.2 Å². The lowest BCUT2D eigenvalue weighted by atomic mass is 9.81. The van der Waals surface area contributed by atoms with Gasteiger partial charge in [0.25, 0.3) is 11.8 Å². The number of ether oxygens (including phenoxy) is 2. The number of hydrogen-bond acceptors (Lipinski definition) is 7. The Morgan fingerprint density at radius 2 is 1.68 bits per heavy atom. The number of methoxy groups -OCH3 is 1. The average molecular weight is 662 g/mol. The zero-order valence-electron chi connectivity index (χ0n) is 27.2. The van der Waals surface area contributed by atoms with Gasteiger partial charge in [-0.05, 0) is 73.3 Å². The van der Waals surface area contributed by atoms with Crippen molar-refractivity contribution in [2.24, 2.45) is 0 Å². The summed E-state index contributed by atoms with van der Waals surface area (Å²) in [4.78, 5) is 31.5. The van der Waals surface area contributed by atoms with E-state index in [2.05, 4.69) is 20.3 Å². The smallest absolute Gasteiger partial charge is 0.304 e. The van der Waals surface area contributed by atoms with Crippen molar-refractivity contribution in [2.75, 3.05) is 66.6 Å². The Hall–Kier alpha value is -3.71. The van der Waals surface area contributed by atoms with Crippen molar-refractivity contribution in [1.82, 2.24) is 23.4 Å². The number of nitrogens with zero attached hydrogens (tertiary/aromatic N) is 4. The molecule has 47 heavy (non-hydrogen) atoms. The van der Waals surface area contributed by atoms with Crippen LogP contribution in [0.5, 0.6) is 5.75 Å². The van der Waals surface area contributed by atoms with Gasteiger partial charge in [0, 0.05) is 66.9 Å². The van der Waals surface area contributed by atoms with Gasteiger partial charge in [0.15, 0.2) is 0 Å². The average Bonchev–Trinajstić information content (AvgIpc) is 3.30. The molecule has 250 valence electrons. The Labute approximate surface area is 276 Å². The van der Waals surface area contributed by atoms with Gasteiger partial charge < -0.3 is 23.8 Å². The normalized spacial score (nSPS) is 19.9. The fourth-order valence-electron chi connectivity index (χ4n) is 7.55. The molecule has 0 atom stereocenters. The van der Waals surface area contributed by atoms with Crippen LogP contribution in [0.25, 0.3) is 28.2 Å². The molecule has 11 nitrogen and oxygen atoms in total. The minimum Gasteiger partial charge on any atom is -0.497 e. The van der Waals surface area contributed by atoms with Gasteiger partial charge in [-0.15, -0.1) is 0 Å². The third-order valence-corrected chi connectivity index (χ3v) is 11.6. The summed E-state index contributed by atoms with van der Waals surface area (Å²) in [5.41, 5.74) is 5.92. The van der Waals surface area contributed by atoms with Crippen LogP contribution in [0.15, 0.2) is 42.0 Å². The number of piperazine rings is 1. The van der Waals surface area contributed by atoms with Gasteiger partial charge in [-0.3, -0.25) is 9.59 Å². The molecule has 7 rings (SSSR count). The molecule has 0 radical (unpaired) electrons. The molecule has 2 aromatic carbocycles. The van der Waals surface area contributed by atoms with Gasteiger partial charge in [0.2, 0.25) is 0 Å². The predicted molar refractivity (Wildman–Crippen MR) is 181 cm³/mol. The molecule has 1 aliphatic carbocycles. The third kappa shape index (κ3) is 6.19. The molecule has 0 spiro atoms. The molecular formula is C35H43N5O6S. The topological polar surface area (TPSA) is 113 Å². The van der Waals surface area contributed by atoms with Crippen LogP contribution in [0.1, 0.15) is 59.5 Å². The number of benzene rings is 2. The number of carbonyl (C=O) groups is 2. The Bertz CT molecular complexity index is 1830. The highest BCUT2D eigenvalue weighted by Crippen LogP contribution is 2.47. The van der Waals surface area contributed by atoms with Gasteiger partial charge in [-0.2, -0.15) is 12.7 Å². The van der Waals surface area contributed by atoms with Crippen molar-refractivity contribution < 1.29 is 27.5 Å². The van der Waals surface area contributed by atoms with Crippen LogP contribution in [0.4, 0.5) is 0 Å². The molecule has 3 aromatic rings. The Morgan fingerprint density at radius 3 is 2.40 bits per heavy atom. The molecule has 1 aromatic heterocycles. The Kier molecular flexibility index (Phi) is 8.86. The third-order valence-electron chi connectivity index (χ3n) is 10.1. The maximum atomic E-state index is 14.0. The van der Waals surface area contributed by atoms with Crippen LogP contribution in [-0.4, -0.2) is 106 Å². The van der Waals surface area contributed by atoms with Crippen molar-refractivity contribution in [3.8, 4) is 17.0 Å². The number of aromatic nitrogens is 1. The molecule has 4 heterocycles. The second-order valence-electron chi connectivity index (χ2n) is 13.1. The largest absolute Gasteiger partial charge is 0.497 e. The molecule has 3 aliphatic heterocycles. The monoisotopic (exact) mass is 661 g/mol. The molecule has 3 fully saturated rings. The van der Waals surface area contributed by atoms with E-state index >= 15 is 0 Å². The highest BCUT2D eigenvalue weighted by Gasteiger charge is 2.33. The minimum absolute atomic E-state index is 0.0387. The van der Waals surface area contributed by atoms with Crippen molar-refractivity contribution in [3.05, 3.63) is 58.7 Å². The van der Waals surface area contributed by atoms with Crippen LogP contribution < -0.4 is 9.46 Å². The molecule has 2 saturated heterocycles. The highest BCUT2D eigenvalue weighted by atomic mass is 32.2. The van der Waals surface area contributed by atoms with E-state index in [1.165, 1.54) is 16.3 Å². The summed E-state index contributed by atoms with van der Waals surface area (Å²) in [6, 6.07) is 11.5. The van der Waals surface area contributed by atoms with Gasteiger partial charge in [-0.25, -0.2) is 4.72 Å². The summed E-state index contributed by atoms with van der Waals surface area (Å²) in [7, 11) is -0.413. The number of hydrogen-bond donors (Lipinski definition) is 1. The number of rotatable bonds is 6. The highest BCUT2D eigenvalue weighted by molar-refractivity contribution is 7.87. The van der Waals surface area contributed by atoms with Crippen LogP contribution in [0.3, 0.4) is 0 Å². The van der Waals surface area contributed by atoms with E-state index in [1.807, 2.05) is 36.2 Å². The first-order valence-electron chi connectivity index (χ1n) is 16.7. The molecule has 0 bridgehead atoms. The number of morpholine rings is 1. The molecule has 12 heteroatoms. The lowest BCUT2D eigenvalue weighted by Gasteiger charge is -2.31. The summed E-state index contributed by atoms with van der Waals surface area (Å²) in [6.07, 6.45) is 7.63. The number of amides is 2. The SMILES string of the molecule is COc1ccc2c(c1)C=C(C(=O)N1CCOCC1)Cn1c-2c(C2CCCCC2)c2ccc(C(=O)NS(=O)(=O)N3CCN(C)CC3)cc21. The van der Waals surface area contributed by atoms with Crippen LogP contribution in [-0.2, 0) is 26.3 Å². The fourth-order valence-corrected chi connectivity index (χ4v) is 8.68. The van der Waals surface area contributed by atoms with Gasteiger partial charge in [0.05, 0.1) is 32.6 Å². The molecular weight excluding hydrogens is 618 g/mol. The van der Waals surface area contributed by atoms with Gasteiger partial charge in [0.1, 0.15) is 5.75 Å². The second kappa shape index (κ2) is 13.1. The lowest BCUT2D eigenvalue weighted by molar-refractivity contribution is -0.131. The molecule has 4 aliphatic rings. The summed E-state index contributed by atoms with van der Waals surface area (Å²) >= 11 is 0. The fraction of sp³-hybridized carbons (Fsp3) is 0.486. The van der Waals surface area contributed by atoms with Gasteiger partial charge in [-0.1, -0.05) is 25.3 Å². The quantitative estimate of drug-likeness (QED) is 0.427. The van der Waals surface area contributed by atoms with E-state index in [9.17, 15) is 18.0 Å². The van der Waals surface area contributed by atoms with E-state index < -0.39 is 16.1 Å². The Morgan fingerprint density at radius 1 is 0.936 bits per heavy atom. The molecule has 1 N–H and O–H groups in total. The second-order valence-corrected chi connectivity index (χ2v) is 14.8. The van der Waals surface area contributed by atoms with Crippen molar-refractivity contribution in [2.45, 2.75) is 44.6 Å². The zero-order valence-corrected chi connectivity index (χ0v) is 28.0. The summed E-state index contributed by atoms with van der Waals surface area (Å²) in [6.45, 7) is 4.24. The van der Waals surface area contributed by atoms with Crippen molar-refractivity contribution in [3.63, 3.8) is 0 Å². The Balaban J connectivity index is 1.35. The first kappa shape index (κ1) is 31.9. The van der Waals surface area contributed by atoms with E-state index in [0.29, 0.717) is 76.3 Å². The minimum atomic E-state index is -4.00.